The van der Waals surface area contributed by atoms with E-state index in [2.05, 4.69) is 16.2 Å². The van der Waals surface area contributed by atoms with Crippen molar-refractivity contribution in [1.82, 2.24) is 14.7 Å². The van der Waals surface area contributed by atoms with E-state index in [4.69, 9.17) is 0 Å². The lowest BCUT2D eigenvalue weighted by molar-refractivity contribution is 0.0201. The van der Waals surface area contributed by atoms with Crippen LogP contribution in [-0.2, 0) is 13.6 Å². The first-order chi connectivity index (χ1) is 9.24. The number of nitrogens with zero attached hydrogens (tertiary/aromatic N) is 3. The maximum absolute atomic E-state index is 10.3. The van der Waals surface area contributed by atoms with Crippen LogP contribution in [0.25, 0.3) is 0 Å². The predicted molar refractivity (Wildman–Crippen MR) is 74.6 cm³/mol. The fourth-order valence-corrected chi connectivity index (χ4v) is 3.91. The van der Waals surface area contributed by atoms with Gasteiger partial charge in [0.15, 0.2) is 0 Å². The summed E-state index contributed by atoms with van der Waals surface area (Å²) in [5.41, 5.74) is 1.29. The molecule has 3 rings (SSSR count). The van der Waals surface area contributed by atoms with Crippen molar-refractivity contribution in [3.8, 4) is 0 Å². The fourth-order valence-electron chi connectivity index (χ4n) is 3.91. The van der Waals surface area contributed by atoms with Gasteiger partial charge in [-0.3, -0.25) is 9.58 Å². The minimum absolute atomic E-state index is 0.0757. The number of hydrogen-bond donors (Lipinski definition) is 1. The molecule has 1 saturated carbocycles. The van der Waals surface area contributed by atoms with Gasteiger partial charge in [0.25, 0.3) is 0 Å². The zero-order valence-electron chi connectivity index (χ0n) is 11.8. The van der Waals surface area contributed by atoms with Gasteiger partial charge in [0.1, 0.15) is 0 Å². The molecule has 1 saturated heterocycles. The van der Waals surface area contributed by atoms with Gasteiger partial charge < -0.3 is 5.11 Å². The standard InChI is InChI=1S/C15H25N3O/c1-17-10-12(9-16-17)11-18-8-4-6-14(18)13-5-2-3-7-15(13)19/h9-10,13-15,19H,2-8,11H2,1H3. The fraction of sp³-hybridized carbons (Fsp3) is 0.800. The van der Waals surface area contributed by atoms with Crippen molar-refractivity contribution in [2.75, 3.05) is 6.54 Å². The van der Waals surface area contributed by atoms with Crippen LogP contribution in [-0.4, -0.2) is 38.5 Å². The number of hydrogen-bond acceptors (Lipinski definition) is 3. The monoisotopic (exact) mass is 263 g/mol. The van der Waals surface area contributed by atoms with Crippen LogP contribution < -0.4 is 0 Å². The summed E-state index contributed by atoms with van der Waals surface area (Å²) in [5, 5.41) is 14.5. The summed E-state index contributed by atoms with van der Waals surface area (Å²) < 4.78 is 1.87. The van der Waals surface area contributed by atoms with Crippen LogP contribution in [0.5, 0.6) is 0 Å². The van der Waals surface area contributed by atoms with Gasteiger partial charge in [0.2, 0.25) is 0 Å². The Morgan fingerprint density at radius 2 is 2.11 bits per heavy atom. The van der Waals surface area contributed by atoms with Gasteiger partial charge in [0, 0.05) is 37.3 Å². The summed E-state index contributed by atoms with van der Waals surface area (Å²) in [6.45, 7) is 2.16. The van der Waals surface area contributed by atoms with Crippen molar-refractivity contribution >= 4 is 0 Å². The third kappa shape index (κ3) is 2.84. The van der Waals surface area contributed by atoms with Gasteiger partial charge in [-0.25, -0.2) is 0 Å². The highest BCUT2D eigenvalue weighted by atomic mass is 16.3. The van der Waals surface area contributed by atoms with Crippen LogP contribution in [0.2, 0.25) is 0 Å². The van der Waals surface area contributed by atoms with E-state index in [1.165, 1.54) is 44.2 Å². The average molecular weight is 263 g/mol. The second-order valence-corrected chi connectivity index (χ2v) is 6.22. The molecule has 1 aromatic rings. The molecular weight excluding hydrogens is 238 g/mol. The second kappa shape index (κ2) is 5.63. The molecule has 0 aromatic carbocycles. The molecule has 2 aliphatic rings. The molecule has 19 heavy (non-hydrogen) atoms. The van der Waals surface area contributed by atoms with Gasteiger partial charge in [-0.1, -0.05) is 12.8 Å². The summed E-state index contributed by atoms with van der Waals surface area (Å²) in [7, 11) is 1.97. The van der Waals surface area contributed by atoms with E-state index in [1.54, 1.807) is 0 Å². The zero-order valence-corrected chi connectivity index (χ0v) is 11.8. The lowest BCUT2D eigenvalue weighted by Gasteiger charge is -2.37. The number of rotatable bonds is 3. The van der Waals surface area contributed by atoms with Gasteiger partial charge in [0.05, 0.1) is 12.3 Å². The topological polar surface area (TPSA) is 41.3 Å². The first-order valence-corrected chi connectivity index (χ1v) is 7.63. The molecule has 3 atom stereocenters. The van der Waals surface area contributed by atoms with Crippen molar-refractivity contribution in [2.24, 2.45) is 13.0 Å². The largest absolute Gasteiger partial charge is 0.393 e. The third-order valence-electron chi connectivity index (χ3n) is 4.83. The Balaban J connectivity index is 1.67. The Labute approximate surface area is 115 Å². The van der Waals surface area contributed by atoms with Crippen LogP contribution >= 0.6 is 0 Å². The Bertz CT molecular complexity index is 417. The lowest BCUT2D eigenvalue weighted by Crippen LogP contribution is -2.42. The van der Waals surface area contributed by atoms with Crippen LogP contribution in [0.1, 0.15) is 44.1 Å². The molecule has 0 amide bonds. The summed E-state index contributed by atoms with van der Waals surface area (Å²) in [5.74, 6) is 0.493. The SMILES string of the molecule is Cn1cc(CN2CCCC2C2CCCCC2O)cn1. The highest BCUT2D eigenvalue weighted by Crippen LogP contribution is 2.35. The molecule has 1 aromatic heterocycles. The average Bonchev–Trinajstić information content (AvgIpc) is 3.00. The molecule has 3 unspecified atom stereocenters. The molecule has 1 N–H and O–H groups in total. The number of aryl methyl sites for hydroxylation is 1. The summed E-state index contributed by atoms with van der Waals surface area (Å²) >= 11 is 0. The Morgan fingerprint density at radius 3 is 2.84 bits per heavy atom. The third-order valence-corrected chi connectivity index (χ3v) is 4.83. The molecule has 2 fully saturated rings. The lowest BCUT2D eigenvalue weighted by atomic mass is 9.80. The summed E-state index contributed by atoms with van der Waals surface area (Å²) in [4.78, 5) is 2.57. The van der Waals surface area contributed by atoms with E-state index in [9.17, 15) is 5.11 Å². The minimum atomic E-state index is -0.0757. The Morgan fingerprint density at radius 1 is 1.26 bits per heavy atom. The van der Waals surface area contributed by atoms with E-state index in [0.29, 0.717) is 12.0 Å². The smallest absolute Gasteiger partial charge is 0.0583 e. The molecule has 4 heteroatoms. The van der Waals surface area contributed by atoms with Crippen LogP contribution in [0.3, 0.4) is 0 Å². The molecule has 0 bridgehead atoms. The number of likely N-dealkylation sites (tertiary alicyclic amines) is 1. The van der Waals surface area contributed by atoms with Crippen LogP contribution in [0.15, 0.2) is 12.4 Å². The maximum atomic E-state index is 10.3. The van der Waals surface area contributed by atoms with E-state index in [-0.39, 0.29) is 6.10 Å². The molecule has 0 radical (unpaired) electrons. The molecular formula is C15H25N3O. The molecule has 4 nitrogen and oxygen atoms in total. The van der Waals surface area contributed by atoms with E-state index in [0.717, 1.165) is 13.0 Å². The molecule has 1 aliphatic heterocycles. The quantitative estimate of drug-likeness (QED) is 0.906. The Hall–Kier alpha value is -0.870. The zero-order chi connectivity index (χ0) is 13.2. The maximum Gasteiger partial charge on any atom is 0.0583 e. The number of aromatic nitrogens is 2. The van der Waals surface area contributed by atoms with Crippen molar-refractivity contribution in [1.29, 1.82) is 0 Å². The van der Waals surface area contributed by atoms with Crippen LogP contribution in [0, 0.1) is 5.92 Å². The van der Waals surface area contributed by atoms with Crippen LogP contribution in [0.4, 0.5) is 0 Å². The van der Waals surface area contributed by atoms with E-state index < -0.39 is 0 Å². The number of aliphatic hydroxyl groups is 1. The molecule has 106 valence electrons. The van der Waals surface area contributed by atoms with E-state index >= 15 is 0 Å². The first kappa shape index (κ1) is 13.1. The Kier molecular flexibility index (Phi) is 3.89. The van der Waals surface area contributed by atoms with Crippen molar-refractivity contribution < 1.29 is 5.11 Å². The molecule has 1 aliphatic carbocycles. The first-order valence-electron chi connectivity index (χ1n) is 7.63. The molecule has 0 spiro atoms. The van der Waals surface area contributed by atoms with Gasteiger partial charge in [-0.15, -0.1) is 0 Å². The number of aliphatic hydroxyl groups excluding tert-OH is 1. The van der Waals surface area contributed by atoms with E-state index in [1.807, 2.05) is 17.9 Å². The second-order valence-electron chi connectivity index (χ2n) is 6.22. The van der Waals surface area contributed by atoms with Crippen molar-refractivity contribution in [2.45, 2.75) is 57.2 Å². The molecule has 2 heterocycles. The summed E-state index contributed by atoms with van der Waals surface area (Å²) in [6, 6.07) is 0.579. The van der Waals surface area contributed by atoms with Gasteiger partial charge in [-0.05, 0) is 32.2 Å². The normalized spacial score (nSPS) is 32.8. The minimum Gasteiger partial charge on any atom is -0.393 e. The van der Waals surface area contributed by atoms with Crippen molar-refractivity contribution in [3.63, 3.8) is 0 Å². The van der Waals surface area contributed by atoms with Gasteiger partial charge in [-0.2, -0.15) is 5.10 Å². The van der Waals surface area contributed by atoms with Crippen molar-refractivity contribution in [3.05, 3.63) is 18.0 Å². The summed E-state index contributed by atoms with van der Waals surface area (Å²) in [6.07, 6.45) is 11.2. The highest BCUT2D eigenvalue weighted by Gasteiger charge is 2.36. The van der Waals surface area contributed by atoms with Gasteiger partial charge >= 0.3 is 0 Å². The predicted octanol–water partition coefficient (Wildman–Crippen LogP) is 1.94. The highest BCUT2D eigenvalue weighted by molar-refractivity contribution is 5.05.